The third-order valence-electron chi connectivity index (χ3n) is 2.90. The Morgan fingerprint density at radius 2 is 2.05 bits per heavy atom. The van der Waals surface area contributed by atoms with E-state index in [1.54, 1.807) is 12.3 Å². The van der Waals surface area contributed by atoms with Crippen LogP contribution in [0.3, 0.4) is 0 Å². The van der Waals surface area contributed by atoms with Crippen molar-refractivity contribution < 1.29 is 13.9 Å². The molecule has 0 aliphatic heterocycles. The van der Waals surface area contributed by atoms with Gasteiger partial charge in [0.15, 0.2) is 0 Å². The summed E-state index contributed by atoms with van der Waals surface area (Å²) < 4.78 is 26.6. The van der Waals surface area contributed by atoms with Crippen molar-refractivity contribution in [3.05, 3.63) is 53.4 Å². The van der Waals surface area contributed by atoms with E-state index in [-0.39, 0.29) is 12.1 Å². The van der Waals surface area contributed by atoms with Crippen LogP contribution in [0.1, 0.15) is 18.2 Å². The lowest BCUT2D eigenvalue weighted by molar-refractivity contribution is 0.0673. The Balaban J connectivity index is 2.14. The van der Waals surface area contributed by atoms with Crippen molar-refractivity contribution >= 4 is 5.95 Å². The lowest BCUT2D eigenvalue weighted by atomic mass is 9.95. The van der Waals surface area contributed by atoms with Crippen molar-refractivity contribution in [2.45, 2.75) is 19.4 Å². The minimum Gasteiger partial charge on any atom is -0.383 e. The standard InChI is InChI=1S/C14H15F2N3O/c1-9-5-6-17-13(19-9)18-8-14(2,20)11-4-3-10(15)7-12(11)16/h3-7,20H,8H2,1-2H3,(H,17,18,19). The van der Waals surface area contributed by atoms with Crippen LogP contribution in [0, 0.1) is 18.6 Å². The molecule has 0 fully saturated rings. The van der Waals surface area contributed by atoms with Crippen LogP contribution in [-0.4, -0.2) is 21.6 Å². The van der Waals surface area contributed by atoms with E-state index in [0.717, 1.165) is 17.8 Å². The van der Waals surface area contributed by atoms with Crippen molar-refractivity contribution in [1.82, 2.24) is 9.97 Å². The number of rotatable bonds is 4. The highest BCUT2D eigenvalue weighted by Crippen LogP contribution is 2.24. The molecule has 0 aliphatic rings. The third-order valence-corrected chi connectivity index (χ3v) is 2.90. The molecule has 0 radical (unpaired) electrons. The fourth-order valence-corrected chi connectivity index (χ4v) is 1.81. The van der Waals surface area contributed by atoms with Gasteiger partial charge in [-0.2, -0.15) is 0 Å². The molecule has 6 heteroatoms. The summed E-state index contributed by atoms with van der Waals surface area (Å²) in [5.74, 6) is -1.13. The Hall–Kier alpha value is -2.08. The lowest BCUT2D eigenvalue weighted by Crippen LogP contribution is -2.32. The monoisotopic (exact) mass is 279 g/mol. The first-order valence-electron chi connectivity index (χ1n) is 6.10. The van der Waals surface area contributed by atoms with Gasteiger partial charge in [-0.15, -0.1) is 0 Å². The Kier molecular flexibility index (Phi) is 3.94. The molecule has 1 unspecified atom stereocenters. The van der Waals surface area contributed by atoms with E-state index in [2.05, 4.69) is 15.3 Å². The van der Waals surface area contributed by atoms with Gasteiger partial charge in [0.1, 0.15) is 17.2 Å². The molecular formula is C14H15F2N3O. The molecule has 1 heterocycles. The number of nitrogens with zero attached hydrogens (tertiary/aromatic N) is 2. The largest absolute Gasteiger partial charge is 0.383 e. The first-order valence-corrected chi connectivity index (χ1v) is 6.10. The van der Waals surface area contributed by atoms with Gasteiger partial charge in [-0.25, -0.2) is 18.7 Å². The highest BCUT2D eigenvalue weighted by atomic mass is 19.1. The number of nitrogens with one attached hydrogen (secondary N) is 1. The van der Waals surface area contributed by atoms with Crippen LogP contribution in [0.2, 0.25) is 0 Å². The second-order valence-corrected chi connectivity index (χ2v) is 4.77. The predicted molar refractivity (Wildman–Crippen MR) is 71.2 cm³/mol. The van der Waals surface area contributed by atoms with Crippen LogP contribution in [0.25, 0.3) is 0 Å². The molecule has 106 valence electrons. The quantitative estimate of drug-likeness (QED) is 0.902. The summed E-state index contributed by atoms with van der Waals surface area (Å²) in [6.07, 6.45) is 1.58. The van der Waals surface area contributed by atoms with Gasteiger partial charge >= 0.3 is 0 Å². The van der Waals surface area contributed by atoms with Gasteiger partial charge in [-0.05, 0) is 26.0 Å². The second-order valence-electron chi connectivity index (χ2n) is 4.77. The molecule has 0 spiro atoms. The lowest BCUT2D eigenvalue weighted by Gasteiger charge is -2.24. The molecule has 1 atom stereocenters. The SMILES string of the molecule is Cc1ccnc(NCC(C)(O)c2ccc(F)cc2F)n1. The molecule has 2 aromatic rings. The summed E-state index contributed by atoms with van der Waals surface area (Å²) in [5.41, 5.74) is -0.723. The Morgan fingerprint density at radius 1 is 1.30 bits per heavy atom. The van der Waals surface area contributed by atoms with Gasteiger partial charge in [0.2, 0.25) is 5.95 Å². The van der Waals surface area contributed by atoms with Gasteiger partial charge in [-0.3, -0.25) is 0 Å². The molecule has 0 saturated carbocycles. The summed E-state index contributed by atoms with van der Waals surface area (Å²) in [7, 11) is 0. The van der Waals surface area contributed by atoms with Crippen molar-refractivity contribution in [2.24, 2.45) is 0 Å². The average Bonchev–Trinajstić information content (AvgIpc) is 2.36. The van der Waals surface area contributed by atoms with Crippen LogP contribution in [0.5, 0.6) is 0 Å². The Morgan fingerprint density at radius 3 is 2.70 bits per heavy atom. The van der Waals surface area contributed by atoms with Crippen molar-refractivity contribution in [3.63, 3.8) is 0 Å². The van der Waals surface area contributed by atoms with Crippen LogP contribution < -0.4 is 5.32 Å². The maximum atomic E-state index is 13.7. The van der Waals surface area contributed by atoms with Crippen LogP contribution in [0.4, 0.5) is 14.7 Å². The topological polar surface area (TPSA) is 58.0 Å². The Bertz CT molecular complexity index is 617. The highest BCUT2D eigenvalue weighted by Gasteiger charge is 2.27. The number of hydrogen-bond acceptors (Lipinski definition) is 4. The zero-order chi connectivity index (χ0) is 14.8. The summed E-state index contributed by atoms with van der Waals surface area (Å²) in [6.45, 7) is 3.25. The molecule has 0 aliphatic carbocycles. The molecule has 20 heavy (non-hydrogen) atoms. The average molecular weight is 279 g/mol. The van der Waals surface area contributed by atoms with E-state index in [4.69, 9.17) is 0 Å². The van der Waals surface area contributed by atoms with Gasteiger partial charge < -0.3 is 10.4 Å². The number of anilines is 1. The van der Waals surface area contributed by atoms with E-state index in [1.807, 2.05) is 6.92 Å². The van der Waals surface area contributed by atoms with Gasteiger partial charge in [0.05, 0.1) is 6.54 Å². The minimum absolute atomic E-state index is 0.000986. The highest BCUT2D eigenvalue weighted by molar-refractivity contribution is 5.30. The second kappa shape index (κ2) is 5.50. The summed E-state index contributed by atoms with van der Waals surface area (Å²) >= 11 is 0. The number of halogens is 2. The smallest absolute Gasteiger partial charge is 0.222 e. The third kappa shape index (κ3) is 3.27. The number of aryl methyl sites for hydroxylation is 1. The fourth-order valence-electron chi connectivity index (χ4n) is 1.81. The number of aromatic nitrogens is 2. The van der Waals surface area contributed by atoms with Crippen molar-refractivity contribution in [3.8, 4) is 0 Å². The molecule has 4 nitrogen and oxygen atoms in total. The molecule has 0 amide bonds. The van der Waals surface area contributed by atoms with Crippen molar-refractivity contribution in [2.75, 3.05) is 11.9 Å². The molecule has 0 saturated heterocycles. The normalized spacial score (nSPS) is 13.8. The molecule has 2 rings (SSSR count). The van der Waals surface area contributed by atoms with Gasteiger partial charge in [0.25, 0.3) is 0 Å². The zero-order valence-electron chi connectivity index (χ0n) is 11.2. The van der Waals surface area contributed by atoms with Crippen LogP contribution >= 0.6 is 0 Å². The predicted octanol–water partition coefficient (Wildman–Crippen LogP) is 2.38. The first-order chi connectivity index (χ1) is 9.38. The molecular weight excluding hydrogens is 264 g/mol. The van der Waals surface area contributed by atoms with Crippen LogP contribution in [-0.2, 0) is 5.60 Å². The molecule has 0 bridgehead atoms. The van der Waals surface area contributed by atoms with Gasteiger partial charge in [-0.1, -0.05) is 6.07 Å². The zero-order valence-corrected chi connectivity index (χ0v) is 11.2. The number of aliphatic hydroxyl groups is 1. The molecule has 1 aromatic carbocycles. The van der Waals surface area contributed by atoms with E-state index in [0.29, 0.717) is 5.95 Å². The minimum atomic E-state index is -1.51. The van der Waals surface area contributed by atoms with E-state index < -0.39 is 17.2 Å². The maximum Gasteiger partial charge on any atom is 0.222 e. The van der Waals surface area contributed by atoms with E-state index in [9.17, 15) is 13.9 Å². The summed E-state index contributed by atoms with van der Waals surface area (Å²) in [4.78, 5) is 8.11. The molecule has 2 N–H and O–H groups in total. The van der Waals surface area contributed by atoms with E-state index >= 15 is 0 Å². The first kappa shape index (κ1) is 14.3. The summed E-state index contributed by atoms with van der Waals surface area (Å²) in [5, 5.41) is 13.1. The summed E-state index contributed by atoms with van der Waals surface area (Å²) in [6, 6.07) is 4.81. The number of hydrogen-bond donors (Lipinski definition) is 2. The van der Waals surface area contributed by atoms with E-state index in [1.165, 1.54) is 13.0 Å². The molecule has 1 aromatic heterocycles. The van der Waals surface area contributed by atoms with Crippen LogP contribution in [0.15, 0.2) is 30.5 Å². The maximum absolute atomic E-state index is 13.7. The Labute approximate surface area is 115 Å². The fraction of sp³-hybridized carbons (Fsp3) is 0.286. The van der Waals surface area contributed by atoms with Crippen molar-refractivity contribution in [1.29, 1.82) is 0 Å². The van der Waals surface area contributed by atoms with Gasteiger partial charge in [0, 0.05) is 23.5 Å². The number of benzene rings is 1.